The van der Waals surface area contributed by atoms with E-state index in [1.54, 1.807) is 6.92 Å². The number of halogens is 2. The quantitative estimate of drug-likeness (QED) is 0.754. The molecule has 1 aromatic carbocycles. The molecule has 0 fully saturated rings. The third-order valence-corrected chi connectivity index (χ3v) is 4.03. The molecule has 1 aromatic rings. The second-order valence-electron chi connectivity index (χ2n) is 4.30. The van der Waals surface area contributed by atoms with Gasteiger partial charge in [0.2, 0.25) is 10.0 Å². The monoisotopic (exact) mass is 340 g/mol. The lowest BCUT2D eigenvalue weighted by Crippen LogP contribution is -2.30. The van der Waals surface area contributed by atoms with Crippen molar-refractivity contribution in [3.05, 3.63) is 29.6 Å². The summed E-state index contributed by atoms with van der Waals surface area (Å²) in [6.45, 7) is 1.83. The lowest BCUT2D eigenvalue weighted by molar-refractivity contribution is 0.0596. The van der Waals surface area contributed by atoms with E-state index in [4.69, 9.17) is 5.73 Å². The molecule has 3 N–H and O–H groups in total. The molecule has 9 heteroatoms. The third kappa shape index (κ3) is 5.58. The van der Waals surface area contributed by atoms with E-state index in [2.05, 4.69) is 9.46 Å². The largest absolute Gasteiger partial charge is 0.465 e. The number of hydrogen-bond donors (Lipinski definition) is 2. The zero-order chi connectivity index (χ0) is 15.3. The lowest BCUT2D eigenvalue weighted by Gasteiger charge is -2.11. The number of methoxy groups -OCH3 is 1. The van der Waals surface area contributed by atoms with Crippen molar-refractivity contribution in [2.24, 2.45) is 5.73 Å². The van der Waals surface area contributed by atoms with Gasteiger partial charge in [0, 0.05) is 12.6 Å². The molecule has 1 unspecified atom stereocenters. The van der Waals surface area contributed by atoms with Crippen LogP contribution in [0.4, 0.5) is 4.39 Å². The molecule has 0 aromatic heterocycles. The smallest absolute Gasteiger partial charge is 0.339 e. The third-order valence-electron chi connectivity index (χ3n) is 2.53. The van der Waals surface area contributed by atoms with E-state index < -0.39 is 26.7 Å². The molecule has 0 aliphatic rings. The molecule has 1 atom stereocenters. The summed E-state index contributed by atoms with van der Waals surface area (Å²) >= 11 is 0. The minimum atomic E-state index is -4.01. The molecule has 0 amide bonds. The highest BCUT2D eigenvalue weighted by atomic mass is 35.5. The van der Waals surface area contributed by atoms with Gasteiger partial charge < -0.3 is 10.5 Å². The molecule has 0 aliphatic carbocycles. The van der Waals surface area contributed by atoms with Crippen molar-refractivity contribution >= 4 is 28.4 Å². The molecular formula is C12H18ClFN2O4S. The van der Waals surface area contributed by atoms with Gasteiger partial charge in [0.1, 0.15) is 5.82 Å². The van der Waals surface area contributed by atoms with E-state index in [1.165, 1.54) is 0 Å². The predicted octanol–water partition coefficient (Wildman–Crippen LogP) is 1.05. The Morgan fingerprint density at radius 2 is 2.10 bits per heavy atom. The normalized spacial score (nSPS) is 12.4. The van der Waals surface area contributed by atoms with Crippen molar-refractivity contribution in [3.8, 4) is 0 Å². The summed E-state index contributed by atoms with van der Waals surface area (Å²) in [7, 11) is -2.89. The molecule has 0 heterocycles. The van der Waals surface area contributed by atoms with E-state index in [9.17, 15) is 17.6 Å². The molecule has 6 nitrogen and oxygen atoms in total. The van der Waals surface area contributed by atoms with Gasteiger partial charge in [-0.1, -0.05) is 0 Å². The predicted molar refractivity (Wildman–Crippen MR) is 78.4 cm³/mol. The molecule has 0 bridgehead atoms. The van der Waals surface area contributed by atoms with Crippen molar-refractivity contribution in [1.29, 1.82) is 0 Å². The molecule has 0 saturated heterocycles. The first-order chi connectivity index (χ1) is 9.27. The van der Waals surface area contributed by atoms with E-state index in [-0.39, 0.29) is 30.6 Å². The summed E-state index contributed by atoms with van der Waals surface area (Å²) in [6, 6.07) is 2.67. The first kappa shape index (κ1) is 19.8. The van der Waals surface area contributed by atoms with Crippen molar-refractivity contribution < 1.29 is 22.3 Å². The van der Waals surface area contributed by atoms with Crippen LogP contribution in [0.5, 0.6) is 0 Å². The number of ether oxygens (including phenoxy) is 1. The zero-order valence-corrected chi connectivity index (χ0v) is 13.3. The van der Waals surface area contributed by atoms with Crippen LogP contribution in [0.1, 0.15) is 23.7 Å². The fourth-order valence-electron chi connectivity index (χ4n) is 1.50. The summed E-state index contributed by atoms with van der Waals surface area (Å²) in [5.74, 6) is -1.61. The molecular weight excluding hydrogens is 323 g/mol. The van der Waals surface area contributed by atoms with Crippen LogP contribution in [0.2, 0.25) is 0 Å². The van der Waals surface area contributed by atoms with Crippen molar-refractivity contribution in [1.82, 2.24) is 4.72 Å². The molecule has 0 spiro atoms. The number of sulfonamides is 1. The van der Waals surface area contributed by atoms with E-state index in [1.807, 2.05) is 0 Å². The Balaban J connectivity index is 0.00000400. The van der Waals surface area contributed by atoms with Gasteiger partial charge in [0.15, 0.2) is 0 Å². The first-order valence-corrected chi connectivity index (χ1v) is 7.39. The fourth-order valence-corrected chi connectivity index (χ4v) is 2.75. The topological polar surface area (TPSA) is 98.5 Å². The van der Waals surface area contributed by atoms with Crippen LogP contribution in [0, 0.1) is 5.82 Å². The van der Waals surface area contributed by atoms with Gasteiger partial charge in [-0.3, -0.25) is 0 Å². The SMILES string of the molecule is COC(=O)c1ccc(F)cc1S(=O)(=O)NCCC(C)N.Cl. The maximum absolute atomic E-state index is 13.2. The van der Waals surface area contributed by atoms with Crippen LogP contribution in [0.25, 0.3) is 0 Å². The maximum Gasteiger partial charge on any atom is 0.339 e. The summed E-state index contributed by atoms with van der Waals surface area (Å²) in [5.41, 5.74) is 5.30. The van der Waals surface area contributed by atoms with Crippen LogP contribution in [-0.4, -0.2) is 34.1 Å². The highest BCUT2D eigenvalue weighted by molar-refractivity contribution is 7.89. The average Bonchev–Trinajstić information content (AvgIpc) is 2.37. The second kappa shape index (κ2) is 8.28. The van der Waals surface area contributed by atoms with E-state index in [0.29, 0.717) is 6.42 Å². The minimum Gasteiger partial charge on any atom is -0.465 e. The highest BCUT2D eigenvalue weighted by Gasteiger charge is 2.23. The van der Waals surface area contributed by atoms with Gasteiger partial charge in [-0.15, -0.1) is 12.4 Å². The van der Waals surface area contributed by atoms with Crippen LogP contribution in [-0.2, 0) is 14.8 Å². The van der Waals surface area contributed by atoms with Gasteiger partial charge in [0.25, 0.3) is 0 Å². The first-order valence-electron chi connectivity index (χ1n) is 5.91. The van der Waals surface area contributed by atoms with Crippen molar-refractivity contribution in [2.45, 2.75) is 24.3 Å². The standard InChI is InChI=1S/C12H17FN2O4S.ClH/c1-8(14)5-6-15-20(17,18)11-7-9(13)3-4-10(11)12(16)19-2;/h3-4,7-8,15H,5-6,14H2,1-2H3;1H. The van der Waals surface area contributed by atoms with E-state index in [0.717, 1.165) is 25.3 Å². The van der Waals surface area contributed by atoms with Gasteiger partial charge >= 0.3 is 5.97 Å². The Kier molecular flexibility index (Phi) is 7.80. The maximum atomic E-state index is 13.2. The molecule has 21 heavy (non-hydrogen) atoms. The second-order valence-corrected chi connectivity index (χ2v) is 6.03. The summed E-state index contributed by atoms with van der Waals surface area (Å²) in [6.07, 6.45) is 0.419. The average molecular weight is 341 g/mol. The Morgan fingerprint density at radius 1 is 1.48 bits per heavy atom. The number of nitrogens with one attached hydrogen (secondary N) is 1. The highest BCUT2D eigenvalue weighted by Crippen LogP contribution is 2.18. The number of carbonyl (C=O) groups excluding carboxylic acids is 1. The fraction of sp³-hybridized carbons (Fsp3) is 0.417. The Morgan fingerprint density at radius 3 is 2.62 bits per heavy atom. The molecule has 0 aliphatic heterocycles. The molecule has 0 saturated carbocycles. The summed E-state index contributed by atoms with van der Waals surface area (Å²) in [4.78, 5) is 11.1. The molecule has 1 rings (SSSR count). The van der Waals surface area contributed by atoms with Crippen molar-refractivity contribution in [2.75, 3.05) is 13.7 Å². The van der Waals surface area contributed by atoms with Gasteiger partial charge in [-0.25, -0.2) is 22.3 Å². The minimum absolute atomic E-state index is 0. The molecule has 120 valence electrons. The number of benzene rings is 1. The summed E-state index contributed by atoms with van der Waals surface area (Å²) in [5, 5.41) is 0. The number of rotatable bonds is 6. The number of nitrogens with two attached hydrogens (primary N) is 1. The van der Waals surface area contributed by atoms with Crippen LogP contribution < -0.4 is 10.5 Å². The number of esters is 1. The lowest BCUT2D eigenvalue weighted by atomic mass is 10.2. The summed E-state index contributed by atoms with van der Waals surface area (Å²) < 4.78 is 44.1. The van der Waals surface area contributed by atoms with Crippen LogP contribution in [0.15, 0.2) is 23.1 Å². The van der Waals surface area contributed by atoms with Crippen molar-refractivity contribution in [3.63, 3.8) is 0 Å². The van der Waals surface area contributed by atoms with Gasteiger partial charge in [0.05, 0.1) is 17.6 Å². The number of carbonyl (C=O) groups is 1. The Bertz CT molecular complexity index is 593. The molecule has 0 radical (unpaired) electrons. The van der Waals surface area contributed by atoms with Crippen LogP contribution >= 0.6 is 12.4 Å². The van der Waals surface area contributed by atoms with Gasteiger partial charge in [-0.2, -0.15) is 0 Å². The number of hydrogen-bond acceptors (Lipinski definition) is 5. The Hall–Kier alpha value is -1.22. The Labute approximate surface area is 129 Å². The zero-order valence-electron chi connectivity index (χ0n) is 11.6. The van der Waals surface area contributed by atoms with Gasteiger partial charge in [-0.05, 0) is 31.5 Å². The van der Waals surface area contributed by atoms with E-state index >= 15 is 0 Å². The van der Waals surface area contributed by atoms with Crippen LogP contribution in [0.3, 0.4) is 0 Å².